The molecule has 0 bridgehead atoms. The maximum absolute atomic E-state index is 13.9. The predicted octanol–water partition coefficient (Wildman–Crippen LogP) is 5.20. The molecule has 35 heavy (non-hydrogen) atoms. The van der Waals surface area contributed by atoms with Gasteiger partial charge in [0.15, 0.2) is 5.78 Å². The molecule has 184 valence electrons. The summed E-state index contributed by atoms with van der Waals surface area (Å²) >= 11 is 0. The highest BCUT2D eigenvalue weighted by atomic mass is 16.5. The molecule has 1 saturated heterocycles. The fourth-order valence-corrected chi connectivity index (χ4v) is 5.40. The third-order valence-corrected chi connectivity index (χ3v) is 7.06. The van der Waals surface area contributed by atoms with Gasteiger partial charge in [0.05, 0.1) is 30.6 Å². The average Bonchev–Trinajstić information content (AvgIpc) is 3.31. The molecule has 0 saturated carbocycles. The molecule has 3 aliphatic rings. The summed E-state index contributed by atoms with van der Waals surface area (Å²) in [7, 11) is 1.62. The second kappa shape index (κ2) is 9.38. The Hall–Kier alpha value is -3.32. The van der Waals surface area contributed by atoms with Crippen molar-refractivity contribution in [3.63, 3.8) is 0 Å². The Morgan fingerprint density at radius 3 is 2.66 bits per heavy atom. The minimum atomic E-state index is -0.569. The van der Waals surface area contributed by atoms with Gasteiger partial charge in [0.2, 0.25) is 0 Å². The molecule has 2 atom stereocenters. The van der Waals surface area contributed by atoms with Crippen molar-refractivity contribution < 1.29 is 19.1 Å². The largest absolute Gasteiger partial charge is 0.497 e. The number of Topliss-reactive ketones (excluding diaryl/α,β-unsaturated/α-hetero) is 1. The Labute approximate surface area is 206 Å². The molecule has 0 aromatic heterocycles. The van der Waals surface area contributed by atoms with Crippen molar-refractivity contribution >= 4 is 23.2 Å². The monoisotopic (exact) mass is 475 g/mol. The van der Waals surface area contributed by atoms with Crippen LogP contribution in [0.1, 0.15) is 51.1 Å². The number of hydrogen-bond donors (Lipinski definition) is 2. The van der Waals surface area contributed by atoms with E-state index in [-0.39, 0.29) is 23.3 Å². The molecule has 7 nitrogen and oxygen atoms in total. The molecular weight excluding hydrogens is 442 g/mol. The van der Waals surface area contributed by atoms with Gasteiger partial charge in [0, 0.05) is 30.8 Å². The van der Waals surface area contributed by atoms with E-state index in [9.17, 15) is 9.59 Å². The van der Waals surface area contributed by atoms with Gasteiger partial charge in [0.1, 0.15) is 5.75 Å². The van der Waals surface area contributed by atoms with Gasteiger partial charge in [-0.2, -0.15) is 0 Å². The second-order valence-corrected chi connectivity index (χ2v) is 10.3. The fourth-order valence-electron chi connectivity index (χ4n) is 5.40. The maximum Gasteiger partial charge on any atom is 0.322 e. The number of urea groups is 1. The SMILES string of the molecule is COc1ccc([C@@H]2C3=C(CC(C)(C)CC3=O)Nc3ccccc3N2C(=O)NC[C@H]2CCCO2)cc1. The van der Waals surface area contributed by atoms with E-state index in [1.807, 2.05) is 48.5 Å². The van der Waals surface area contributed by atoms with Crippen LogP contribution in [0.15, 0.2) is 59.8 Å². The Kier molecular flexibility index (Phi) is 6.28. The molecule has 2 heterocycles. The molecule has 0 radical (unpaired) electrons. The van der Waals surface area contributed by atoms with Crippen molar-refractivity contribution in [2.75, 3.05) is 30.5 Å². The molecular formula is C28H33N3O4. The van der Waals surface area contributed by atoms with E-state index in [0.29, 0.717) is 18.5 Å². The number of amides is 2. The molecule has 1 aliphatic carbocycles. The van der Waals surface area contributed by atoms with Crippen molar-refractivity contribution in [2.24, 2.45) is 5.41 Å². The van der Waals surface area contributed by atoms with Gasteiger partial charge in [0.25, 0.3) is 0 Å². The predicted molar refractivity (Wildman–Crippen MR) is 136 cm³/mol. The minimum absolute atomic E-state index is 0.0191. The normalized spacial score (nSPS) is 23.2. The van der Waals surface area contributed by atoms with Gasteiger partial charge < -0.3 is 20.1 Å². The first kappa shape index (κ1) is 23.4. The highest BCUT2D eigenvalue weighted by molar-refractivity contribution is 6.06. The number of carbonyl (C=O) groups is 2. The van der Waals surface area contributed by atoms with Crippen LogP contribution in [0, 0.1) is 5.41 Å². The standard InChI is InChI=1S/C28H33N3O4/c1-28(2)15-22-25(24(32)16-28)26(18-10-12-19(34-3)13-11-18)31(23-9-5-4-8-21(23)30-22)27(33)29-17-20-7-6-14-35-20/h4-5,8-13,20,26,30H,6-7,14-17H2,1-3H3,(H,29,33)/t20-,26-/m1/s1. The van der Waals surface area contributed by atoms with Gasteiger partial charge in [-0.3, -0.25) is 9.69 Å². The number of allylic oxidation sites excluding steroid dienone is 1. The molecule has 2 aromatic carbocycles. The van der Waals surface area contributed by atoms with Crippen LogP contribution in [0.2, 0.25) is 0 Å². The van der Waals surface area contributed by atoms with E-state index in [0.717, 1.165) is 54.3 Å². The molecule has 2 aromatic rings. The molecule has 7 heteroatoms. The van der Waals surface area contributed by atoms with Crippen LogP contribution in [0.3, 0.4) is 0 Å². The average molecular weight is 476 g/mol. The van der Waals surface area contributed by atoms with Crippen LogP contribution in [-0.2, 0) is 9.53 Å². The topological polar surface area (TPSA) is 79.9 Å². The van der Waals surface area contributed by atoms with Crippen molar-refractivity contribution in [2.45, 2.75) is 51.7 Å². The molecule has 2 aliphatic heterocycles. The summed E-state index contributed by atoms with van der Waals surface area (Å²) in [6, 6.07) is 14.6. The van der Waals surface area contributed by atoms with Gasteiger partial charge in [-0.25, -0.2) is 4.79 Å². The molecule has 1 fully saturated rings. The van der Waals surface area contributed by atoms with Crippen LogP contribution < -0.4 is 20.3 Å². The lowest BCUT2D eigenvalue weighted by Gasteiger charge is -2.37. The first-order valence-electron chi connectivity index (χ1n) is 12.3. The van der Waals surface area contributed by atoms with Gasteiger partial charge in [-0.15, -0.1) is 0 Å². The Bertz CT molecular complexity index is 1150. The van der Waals surface area contributed by atoms with E-state index < -0.39 is 6.04 Å². The number of nitrogens with zero attached hydrogens (tertiary/aromatic N) is 1. The van der Waals surface area contributed by atoms with E-state index in [1.165, 1.54) is 0 Å². The van der Waals surface area contributed by atoms with Crippen LogP contribution in [0.5, 0.6) is 5.75 Å². The number of methoxy groups -OCH3 is 1. The summed E-state index contributed by atoms with van der Waals surface area (Å²) in [5, 5.41) is 6.63. The van der Waals surface area contributed by atoms with Gasteiger partial charge >= 0.3 is 6.03 Å². The van der Waals surface area contributed by atoms with E-state index in [2.05, 4.69) is 24.5 Å². The maximum atomic E-state index is 13.9. The highest BCUT2D eigenvalue weighted by Crippen LogP contribution is 2.48. The molecule has 0 spiro atoms. The number of ketones is 1. The summed E-state index contributed by atoms with van der Waals surface area (Å²) in [6.07, 6.45) is 3.11. The number of rotatable bonds is 4. The second-order valence-electron chi connectivity index (χ2n) is 10.3. The van der Waals surface area contributed by atoms with E-state index in [1.54, 1.807) is 12.0 Å². The highest BCUT2D eigenvalue weighted by Gasteiger charge is 2.43. The lowest BCUT2D eigenvalue weighted by atomic mass is 9.73. The lowest BCUT2D eigenvalue weighted by molar-refractivity contribution is -0.118. The molecule has 0 unspecified atom stereocenters. The smallest absolute Gasteiger partial charge is 0.322 e. The Balaban J connectivity index is 1.64. The number of ether oxygens (including phenoxy) is 2. The zero-order chi connectivity index (χ0) is 24.6. The third kappa shape index (κ3) is 4.65. The van der Waals surface area contributed by atoms with Crippen molar-refractivity contribution in [1.82, 2.24) is 5.32 Å². The first-order valence-corrected chi connectivity index (χ1v) is 12.3. The Morgan fingerprint density at radius 1 is 1.17 bits per heavy atom. The third-order valence-electron chi connectivity index (χ3n) is 7.06. The fraction of sp³-hybridized carbons (Fsp3) is 0.429. The molecule has 2 amide bonds. The molecule has 2 N–H and O–H groups in total. The van der Waals surface area contributed by atoms with Crippen LogP contribution >= 0.6 is 0 Å². The number of benzene rings is 2. The summed E-state index contributed by atoms with van der Waals surface area (Å²) in [4.78, 5) is 29.3. The van der Waals surface area contributed by atoms with E-state index >= 15 is 0 Å². The number of anilines is 2. The summed E-state index contributed by atoms with van der Waals surface area (Å²) in [5.74, 6) is 0.787. The number of carbonyl (C=O) groups excluding carboxylic acids is 2. The zero-order valence-corrected chi connectivity index (χ0v) is 20.6. The minimum Gasteiger partial charge on any atom is -0.497 e. The van der Waals surface area contributed by atoms with Crippen molar-refractivity contribution in [1.29, 1.82) is 0 Å². The van der Waals surface area contributed by atoms with Crippen molar-refractivity contribution in [3.05, 3.63) is 65.4 Å². The van der Waals surface area contributed by atoms with Crippen LogP contribution in [0.4, 0.5) is 16.2 Å². The molecule has 5 rings (SSSR count). The lowest BCUT2D eigenvalue weighted by Crippen LogP contribution is -2.46. The quantitative estimate of drug-likeness (QED) is 0.635. The summed E-state index contributed by atoms with van der Waals surface area (Å²) in [6.45, 7) is 5.39. The van der Waals surface area contributed by atoms with Crippen molar-refractivity contribution in [3.8, 4) is 5.75 Å². The Morgan fingerprint density at radius 2 is 1.94 bits per heavy atom. The number of para-hydroxylation sites is 2. The zero-order valence-electron chi connectivity index (χ0n) is 20.6. The number of nitrogens with one attached hydrogen (secondary N) is 2. The summed E-state index contributed by atoms with van der Waals surface area (Å²) in [5.41, 5.74) is 3.77. The summed E-state index contributed by atoms with van der Waals surface area (Å²) < 4.78 is 11.1. The first-order chi connectivity index (χ1) is 16.9. The van der Waals surface area contributed by atoms with Crippen LogP contribution in [0.25, 0.3) is 0 Å². The number of hydrogen-bond acceptors (Lipinski definition) is 5. The van der Waals surface area contributed by atoms with Gasteiger partial charge in [-0.05, 0) is 54.5 Å². The van der Waals surface area contributed by atoms with E-state index in [4.69, 9.17) is 9.47 Å². The number of fused-ring (bicyclic) bond motifs is 1. The van der Waals surface area contributed by atoms with Crippen LogP contribution in [-0.4, -0.2) is 38.2 Å². The van der Waals surface area contributed by atoms with Gasteiger partial charge in [-0.1, -0.05) is 38.1 Å².